The number of rotatable bonds is 12. The fourth-order valence-electron chi connectivity index (χ4n) is 3.43. The van der Waals surface area contributed by atoms with Gasteiger partial charge in [0.05, 0.1) is 44.9 Å². The highest BCUT2D eigenvalue weighted by Gasteiger charge is 2.23. The standard InChI is InChI=1S/C23H31NO7/c1-7-8-9-10-11-17(24-31-30-15(2)25)16-14-20(28-5)21-18(26-3)12-13-19(27-4)22(21)23(16)29-6/h12-14H,7-11H2,1-6H3. The summed E-state index contributed by atoms with van der Waals surface area (Å²) in [6.45, 7) is 3.39. The quantitative estimate of drug-likeness (QED) is 0.201. The fourth-order valence-corrected chi connectivity index (χ4v) is 3.43. The lowest BCUT2D eigenvalue weighted by molar-refractivity contribution is -0.271. The van der Waals surface area contributed by atoms with Gasteiger partial charge in [0, 0.05) is 12.5 Å². The summed E-state index contributed by atoms with van der Waals surface area (Å²) in [4.78, 5) is 20.5. The first-order valence-electron chi connectivity index (χ1n) is 10.2. The highest BCUT2D eigenvalue weighted by Crippen LogP contribution is 2.46. The molecular weight excluding hydrogens is 402 g/mol. The molecule has 0 N–H and O–H groups in total. The minimum atomic E-state index is -0.594. The molecule has 31 heavy (non-hydrogen) atoms. The Labute approximate surface area is 182 Å². The number of methoxy groups -OCH3 is 4. The van der Waals surface area contributed by atoms with Crippen LogP contribution in [-0.2, 0) is 14.7 Å². The lowest BCUT2D eigenvalue weighted by atomic mass is 9.96. The van der Waals surface area contributed by atoms with E-state index in [1.165, 1.54) is 6.92 Å². The first kappa shape index (κ1) is 24.1. The van der Waals surface area contributed by atoms with E-state index in [0.29, 0.717) is 46.1 Å². The van der Waals surface area contributed by atoms with Crippen molar-refractivity contribution in [1.29, 1.82) is 0 Å². The molecule has 0 radical (unpaired) electrons. The Morgan fingerprint density at radius 1 is 0.871 bits per heavy atom. The van der Waals surface area contributed by atoms with Gasteiger partial charge in [0.1, 0.15) is 23.0 Å². The predicted molar refractivity (Wildman–Crippen MR) is 118 cm³/mol. The molecule has 170 valence electrons. The second kappa shape index (κ2) is 11.9. The first-order chi connectivity index (χ1) is 15.0. The maximum atomic E-state index is 11.1. The molecule has 2 aromatic carbocycles. The van der Waals surface area contributed by atoms with Crippen LogP contribution in [0.4, 0.5) is 0 Å². The maximum Gasteiger partial charge on any atom is 0.354 e. The molecule has 8 heteroatoms. The molecule has 0 aliphatic carbocycles. The van der Waals surface area contributed by atoms with Crippen molar-refractivity contribution in [3.63, 3.8) is 0 Å². The topological polar surface area (TPSA) is 84.8 Å². The van der Waals surface area contributed by atoms with Gasteiger partial charge in [-0.05, 0) is 36.2 Å². The number of benzene rings is 2. The highest BCUT2D eigenvalue weighted by atomic mass is 17.3. The van der Waals surface area contributed by atoms with Crippen molar-refractivity contribution >= 4 is 22.5 Å². The average molecular weight is 434 g/mol. The van der Waals surface area contributed by atoms with Crippen LogP contribution in [0.5, 0.6) is 23.0 Å². The molecule has 0 amide bonds. The lowest BCUT2D eigenvalue weighted by Crippen LogP contribution is -2.08. The zero-order chi connectivity index (χ0) is 22.8. The third-order valence-corrected chi connectivity index (χ3v) is 4.87. The molecule has 2 rings (SSSR count). The van der Waals surface area contributed by atoms with Crippen LogP contribution in [0.3, 0.4) is 0 Å². The van der Waals surface area contributed by atoms with Gasteiger partial charge in [0.25, 0.3) is 0 Å². The first-order valence-corrected chi connectivity index (χ1v) is 10.2. The van der Waals surface area contributed by atoms with Crippen LogP contribution >= 0.6 is 0 Å². The number of hydrogen-bond acceptors (Lipinski definition) is 8. The Kier molecular flexibility index (Phi) is 9.24. The van der Waals surface area contributed by atoms with E-state index in [9.17, 15) is 4.79 Å². The van der Waals surface area contributed by atoms with Crippen LogP contribution in [0.1, 0.15) is 51.5 Å². The van der Waals surface area contributed by atoms with Gasteiger partial charge in [-0.3, -0.25) is 0 Å². The summed E-state index contributed by atoms with van der Waals surface area (Å²) in [6, 6.07) is 5.44. The van der Waals surface area contributed by atoms with Crippen LogP contribution in [0.2, 0.25) is 0 Å². The van der Waals surface area contributed by atoms with Crippen LogP contribution in [-0.4, -0.2) is 40.1 Å². The van der Waals surface area contributed by atoms with Crippen LogP contribution in [0.15, 0.2) is 23.4 Å². The average Bonchev–Trinajstić information content (AvgIpc) is 2.78. The Balaban J connectivity index is 2.71. The maximum absolute atomic E-state index is 11.1. The number of unbranched alkanes of at least 4 members (excludes halogenated alkanes) is 3. The smallest absolute Gasteiger partial charge is 0.354 e. The number of fused-ring (bicyclic) bond motifs is 1. The molecule has 0 bridgehead atoms. The molecule has 0 aliphatic heterocycles. The SMILES string of the molecule is CCCCCCC(=NOOC(C)=O)c1cc(OC)c2c(OC)ccc(OC)c2c1OC. The van der Waals surface area contributed by atoms with Gasteiger partial charge in [-0.1, -0.05) is 26.2 Å². The zero-order valence-corrected chi connectivity index (χ0v) is 19.1. The number of carbonyl (C=O) groups excluding carboxylic acids is 1. The summed E-state index contributed by atoms with van der Waals surface area (Å²) >= 11 is 0. The van der Waals surface area contributed by atoms with Crippen molar-refractivity contribution < 1.29 is 33.6 Å². The number of hydrogen-bond donors (Lipinski definition) is 0. The molecule has 0 unspecified atom stereocenters. The Morgan fingerprint density at radius 2 is 1.52 bits per heavy atom. The van der Waals surface area contributed by atoms with E-state index >= 15 is 0 Å². The van der Waals surface area contributed by atoms with Crippen molar-refractivity contribution in [2.24, 2.45) is 5.16 Å². The number of carbonyl (C=O) groups is 1. The summed E-state index contributed by atoms with van der Waals surface area (Å²) in [5.74, 6) is 1.72. The van der Waals surface area contributed by atoms with Crippen LogP contribution in [0.25, 0.3) is 10.8 Å². The second-order valence-electron chi connectivity index (χ2n) is 6.88. The minimum absolute atomic E-state index is 0.534. The number of oxime groups is 1. The van der Waals surface area contributed by atoms with E-state index in [1.807, 2.05) is 12.1 Å². The van der Waals surface area contributed by atoms with Crippen LogP contribution in [0, 0.1) is 0 Å². The Morgan fingerprint density at radius 3 is 2.06 bits per heavy atom. The molecule has 0 heterocycles. The van der Waals surface area contributed by atoms with Gasteiger partial charge in [-0.2, -0.15) is 4.99 Å². The summed E-state index contributed by atoms with van der Waals surface area (Å²) in [5, 5.41) is 5.49. The molecule has 0 aliphatic rings. The normalized spacial score (nSPS) is 11.2. The van der Waals surface area contributed by atoms with Crippen molar-refractivity contribution in [2.45, 2.75) is 46.0 Å². The van der Waals surface area contributed by atoms with Crippen molar-refractivity contribution in [1.82, 2.24) is 0 Å². The zero-order valence-electron chi connectivity index (χ0n) is 19.1. The van der Waals surface area contributed by atoms with E-state index in [2.05, 4.69) is 17.0 Å². The third-order valence-electron chi connectivity index (χ3n) is 4.87. The third kappa shape index (κ3) is 5.71. The van der Waals surface area contributed by atoms with Gasteiger partial charge < -0.3 is 18.9 Å². The fraction of sp³-hybridized carbons (Fsp3) is 0.478. The largest absolute Gasteiger partial charge is 0.496 e. The van der Waals surface area contributed by atoms with E-state index in [-0.39, 0.29) is 0 Å². The predicted octanol–water partition coefficient (Wildman–Crippen LogP) is 5.04. The second-order valence-corrected chi connectivity index (χ2v) is 6.88. The van der Waals surface area contributed by atoms with Crippen LogP contribution < -0.4 is 18.9 Å². The molecular formula is C23H31NO7. The molecule has 0 aromatic heterocycles. The van der Waals surface area contributed by atoms with Gasteiger partial charge >= 0.3 is 5.97 Å². The summed E-state index contributed by atoms with van der Waals surface area (Å²) < 4.78 is 22.6. The van der Waals surface area contributed by atoms with Gasteiger partial charge in [0.15, 0.2) is 0 Å². The lowest BCUT2D eigenvalue weighted by Gasteiger charge is -2.19. The van der Waals surface area contributed by atoms with Crippen molar-refractivity contribution in [2.75, 3.05) is 28.4 Å². The highest BCUT2D eigenvalue weighted by molar-refractivity contribution is 6.12. The molecule has 0 atom stereocenters. The summed E-state index contributed by atoms with van der Waals surface area (Å²) in [6.07, 6.45) is 4.74. The van der Waals surface area contributed by atoms with Crippen molar-refractivity contribution in [3.05, 3.63) is 23.8 Å². The van der Waals surface area contributed by atoms with E-state index in [0.717, 1.165) is 31.1 Å². The minimum Gasteiger partial charge on any atom is -0.496 e. The Bertz CT molecular complexity index is 924. The number of ether oxygens (including phenoxy) is 4. The van der Waals surface area contributed by atoms with E-state index < -0.39 is 5.97 Å². The monoisotopic (exact) mass is 433 g/mol. The van der Waals surface area contributed by atoms with Gasteiger partial charge in [-0.15, -0.1) is 0 Å². The molecule has 0 spiro atoms. The van der Waals surface area contributed by atoms with Gasteiger partial charge in [-0.25, -0.2) is 9.68 Å². The molecule has 2 aromatic rings. The molecule has 0 saturated carbocycles. The van der Waals surface area contributed by atoms with E-state index in [4.69, 9.17) is 23.9 Å². The number of nitrogens with zero attached hydrogens (tertiary/aromatic N) is 1. The van der Waals surface area contributed by atoms with E-state index in [1.54, 1.807) is 34.5 Å². The molecule has 8 nitrogen and oxygen atoms in total. The van der Waals surface area contributed by atoms with Gasteiger partial charge in [0.2, 0.25) is 0 Å². The molecule has 0 saturated heterocycles. The summed E-state index contributed by atoms with van der Waals surface area (Å²) in [5.41, 5.74) is 1.22. The molecule has 0 fully saturated rings. The summed E-state index contributed by atoms with van der Waals surface area (Å²) in [7, 11) is 6.33. The Hall–Kier alpha value is -3.16. The van der Waals surface area contributed by atoms with Crippen molar-refractivity contribution in [3.8, 4) is 23.0 Å².